The van der Waals surface area contributed by atoms with Crippen LogP contribution in [0.3, 0.4) is 0 Å². The normalized spacial score (nSPS) is 12.7. The van der Waals surface area contributed by atoms with Crippen molar-refractivity contribution >= 4 is 11.9 Å². The van der Waals surface area contributed by atoms with E-state index in [9.17, 15) is 22.8 Å². The van der Waals surface area contributed by atoms with Gasteiger partial charge in [0, 0.05) is 12.8 Å². The third kappa shape index (κ3) is 8.93. The van der Waals surface area contributed by atoms with Gasteiger partial charge in [0.05, 0.1) is 5.56 Å². The fourth-order valence-corrected chi connectivity index (χ4v) is 2.44. The average molecular weight is 388 g/mol. The van der Waals surface area contributed by atoms with Crippen molar-refractivity contribution in [3.05, 3.63) is 35.4 Å². The molecule has 0 aliphatic heterocycles. The van der Waals surface area contributed by atoms with Gasteiger partial charge in [-0.2, -0.15) is 13.2 Å². The Morgan fingerprint density at radius 3 is 2.15 bits per heavy atom. The molecule has 1 aromatic carbocycles. The van der Waals surface area contributed by atoms with Crippen LogP contribution in [-0.4, -0.2) is 18.0 Å². The molecule has 0 N–H and O–H groups in total. The summed E-state index contributed by atoms with van der Waals surface area (Å²) in [4.78, 5) is 23.5. The van der Waals surface area contributed by atoms with Gasteiger partial charge in [-0.05, 0) is 36.5 Å². The molecule has 0 spiro atoms. The highest BCUT2D eigenvalue weighted by atomic mass is 19.4. The molecule has 0 aliphatic rings. The van der Waals surface area contributed by atoms with E-state index >= 15 is 0 Å². The maximum absolute atomic E-state index is 12.5. The minimum Gasteiger partial charge on any atom is -0.462 e. The lowest BCUT2D eigenvalue weighted by Crippen LogP contribution is -2.23. The first kappa shape index (κ1) is 23.0. The second kappa shape index (κ2) is 10.9. The molecular weight excluding hydrogens is 361 g/mol. The Kier molecular flexibility index (Phi) is 9.32. The van der Waals surface area contributed by atoms with Crippen molar-refractivity contribution in [3.8, 4) is 0 Å². The van der Waals surface area contributed by atoms with Crippen molar-refractivity contribution in [2.24, 2.45) is 5.92 Å². The minimum absolute atomic E-state index is 0.0514. The van der Waals surface area contributed by atoms with Crippen LogP contribution in [0.5, 0.6) is 0 Å². The maximum Gasteiger partial charge on any atom is 0.416 e. The maximum atomic E-state index is 12.5. The SMILES string of the molecule is CCCC(OC(=O)CCCC(=O)OCc1ccc(C(F)(F)F)cc1)C(C)C. The zero-order chi connectivity index (χ0) is 20.4. The third-order valence-electron chi connectivity index (χ3n) is 4.04. The van der Waals surface area contributed by atoms with Crippen LogP contribution in [-0.2, 0) is 31.8 Å². The molecule has 0 heterocycles. The summed E-state index contributed by atoms with van der Waals surface area (Å²) < 4.78 is 47.9. The summed E-state index contributed by atoms with van der Waals surface area (Å²) in [7, 11) is 0. The van der Waals surface area contributed by atoms with E-state index in [2.05, 4.69) is 0 Å². The van der Waals surface area contributed by atoms with E-state index in [-0.39, 0.29) is 37.4 Å². The predicted molar refractivity (Wildman–Crippen MR) is 94.7 cm³/mol. The fraction of sp³-hybridized carbons (Fsp3) is 0.600. The number of esters is 2. The van der Waals surface area contributed by atoms with Gasteiger partial charge in [0.2, 0.25) is 0 Å². The number of rotatable bonds is 10. The van der Waals surface area contributed by atoms with Crippen molar-refractivity contribution in [1.29, 1.82) is 0 Å². The van der Waals surface area contributed by atoms with Gasteiger partial charge in [-0.3, -0.25) is 9.59 Å². The summed E-state index contributed by atoms with van der Waals surface area (Å²) >= 11 is 0. The van der Waals surface area contributed by atoms with Gasteiger partial charge in [0.15, 0.2) is 0 Å². The van der Waals surface area contributed by atoms with Crippen LogP contribution >= 0.6 is 0 Å². The molecule has 7 heteroatoms. The van der Waals surface area contributed by atoms with Gasteiger partial charge >= 0.3 is 18.1 Å². The Labute approximate surface area is 158 Å². The molecule has 1 rings (SSSR count). The van der Waals surface area contributed by atoms with Crippen molar-refractivity contribution in [2.45, 2.75) is 71.8 Å². The van der Waals surface area contributed by atoms with Crippen molar-refractivity contribution < 1.29 is 32.2 Å². The third-order valence-corrected chi connectivity index (χ3v) is 4.04. The second-order valence-corrected chi connectivity index (χ2v) is 6.77. The number of carbonyl (C=O) groups excluding carboxylic acids is 2. The highest BCUT2D eigenvalue weighted by Crippen LogP contribution is 2.29. The molecule has 0 saturated carbocycles. The molecule has 0 aliphatic carbocycles. The van der Waals surface area contributed by atoms with E-state index in [1.165, 1.54) is 12.1 Å². The summed E-state index contributed by atoms with van der Waals surface area (Å²) in [5.41, 5.74) is -0.283. The molecule has 4 nitrogen and oxygen atoms in total. The quantitative estimate of drug-likeness (QED) is 0.511. The van der Waals surface area contributed by atoms with E-state index in [1.54, 1.807) is 0 Å². The van der Waals surface area contributed by atoms with E-state index < -0.39 is 17.7 Å². The molecule has 0 radical (unpaired) electrons. The molecule has 0 bridgehead atoms. The molecule has 27 heavy (non-hydrogen) atoms. The molecule has 1 aromatic rings. The zero-order valence-electron chi connectivity index (χ0n) is 16.0. The summed E-state index contributed by atoms with van der Waals surface area (Å²) in [6.07, 6.45) is -2.30. The van der Waals surface area contributed by atoms with Crippen molar-refractivity contribution in [1.82, 2.24) is 0 Å². The first-order chi connectivity index (χ1) is 12.6. The molecule has 1 atom stereocenters. The lowest BCUT2D eigenvalue weighted by atomic mass is 10.0. The Morgan fingerprint density at radius 2 is 1.63 bits per heavy atom. The largest absolute Gasteiger partial charge is 0.462 e. The Balaban J connectivity index is 2.30. The Hall–Kier alpha value is -2.05. The number of carbonyl (C=O) groups is 2. The molecule has 0 saturated heterocycles. The van der Waals surface area contributed by atoms with E-state index in [0.29, 0.717) is 12.0 Å². The average Bonchev–Trinajstić information content (AvgIpc) is 2.59. The van der Waals surface area contributed by atoms with E-state index in [1.807, 2.05) is 20.8 Å². The van der Waals surface area contributed by atoms with Crippen LogP contribution < -0.4 is 0 Å². The van der Waals surface area contributed by atoms with Crippen LogP contribution in [0.1, 0.15) is 64.0 Å². The number of hydrogen-bond donors (Lipinski definition) is 0. The van der Waals surface area contributed by atoms with Gasteiger partial charge in [-0.15, -0.1) is 0 Å². The highest BCUT2D eigenvalue weighted by molar-refractivity contribution is 5.72. The summed E-state index contributed by atoms with van der Waals surface area (Å²) in [6, 6.07) is 4.43. The van der Waals surface area contributed by atoms with Gasteiger partial charge in [0.25, 0.3) is 0 Å². The Morgan fingerprint density at radius 1 is 1.04 bits per heavy atom. The first-order valence-electron chi connectivity index (χ1n) is 9.14. The van der Waals surface area contributed by atoms with Gasteiger partial charge in [0.1, 0.15) is 12.7 Å². The number of hydrogen-bond acceptors (Lipinski definition) is 4. The summed E-state index contributed by atoms with van der Waals surface area (Å²) in [5, 5.41) is 0. The molecule has 152 valence electrons. The zero-order valence-corrected chi connectivity index (χ0v) is 16.0. The number of benzene rings is 1. The van der Waals surface area contributed by atoms with Crippen LogP contribution in [0.2, 0.25) is 0 Å². The predicted octanol–water partition coefficient (Wildman–Crippen LogP) is 5.29. The van der Waals surface area contributed by atoms with Crippen molar-refractivity contribution in [2.75, 3.05) is 0 Å². The van der Waals surface area contributed by atoms with E-state index in [0.717, 1.165) is 25.0 Å². The highest BCUT2D eigenvalue weighted by Gasteiger charge is 2.29. The number of halogens is 3. The van der Waals surface area contributed by atoms with E-state index in [4.69, 9.17) is 9.47 Å². The van der Waals surface area contributed by atoms with Crippen LogP contribution in [0, 0.1) is 5.92 Å². The summed E-state index contributed by atoms with van der Waals surface area (Å²) in [5.74, 6) is -0.600. The number of alkyl halides is 3. The van der Waals surface area contributed by atoms with Crippen molar-refractivity contribution in [3.63, 3.8) is 0 Å². The smallest absolute Gasteiger partial charge is 0.416 e. The molecule has 0 fully saturated rings. The van der Waals surface area contributed by atoms with Crippen LogP contribution in [0.4, 0.5) is 13.2 Å². The molecule has 1 unspecified atom stereocenters. The van der Waals surface area contributed by atoms with Gasteiger partial charge in [-0.25, -0.2) is 0 Å². The lowest BCUT2D eigenvalue weighted by Gasteiger charge is -2.20. The van der Waals surface area contributed by atoms with Gasteiger partial charge < -0.3 is 9.47 Å². The molecule has 0 amide bonds. The first-order valence-corrected chi connectivity index (χ1v) is 9.14. The van der Waals surface area contributed by atoms with Crippen LogP contribution in [0.15, 0.2) is 24.3 Å². The molecular formula is C20H27F3O4. The topological polar surface area (TPSA) is 52.6 Å². The summed E-state index contributed by atoms with van der Waals surface area (Å²) in [6.45, 7) is 5.90. The Bertz CT molecular complexity index is 594. The molecule has 0 aromatic heterocycles. The van der Waals surface area contributed by atoms with Crippen LogP contribution in [0.25, 0.3) is 0 Å². The van der Waals surface area contributed by atoms with Gasteiger partial charge in [-0.1, -0.05) is 39.3 Å². The lowest BCUT2D eigenvalue weighted by molar-refractivity contribution is -0.152. The monoisotopic (exact) mass is 388 g/mol. The number of ether oxygens (including phenoxy) is 2. The fourth-order valence-electron chi connectivity index (χ4n) is 2.44. The standard InChI is InChI=1S/C20H27F3O4/c1-4-6-17(14(2)3)27-19(25)8-5-7-18(24)26-13-15-9-11-16(12-10-15)20(21,22)23/h9-12,14,17H,4-8,13H2,1-3H3. The second-order valence-electron chi connectivity index (χ2n) is 6.77. The minimum atomic E-state index is -4.39.